The van der Waals surface area contributed by atoms with Crippen molar-refractivity contribution in [2.24, 2.45) is 5.73 Å². The van der Waals surface area contributed by atoms with Gasteiger partial charge in [-0.05, 0) is 54.0 Å². The van der Waals surface area contributed by atoms with Crippen molar-refractivity contribution in [3.05, 3.63) is 65.2 Å². The maximum absolute atomic E-state index is 6.32. The van der Waals surface area contributed by atoms with Gasteiger partial charge in [-0.1, -0.05) is 36.4 Å². The van der Waals surface area contributed by atoms with E-state index in [1.807, 2.05) is 12.1 Å². The molecule has 2 N–H and O–H groups in total. The van der Waals surface area contributed by atoms with Crippen LogP contribution in [0.3, 0.4) is 0 Å². The third-order valence-corrected chi connectivity index (χ3v) is 4.18. The SMILES string of the molecule is COc1cccc(CC(N)CC2Cc3ccccc32)c1. The van der Waals surface area contributed by atoms with Crippen LogP contribution < -0.4 is 10.5 Å². The van der Waals surface area contributed by atoms with Gasteiger partial charge in [-0.3, -0.25) is 0 Å². The zero-order valence-corrected chi connectivity index (χ0v) is 11.9. The van der Waals surface area contributed by atoms with Crippen molar-refractivity contribution in [2.75, 3.05) is 7.11 Å². The molecule has 0 aliphatic heterocycles. The van der Waals surface area contributed by atoms with Crippen LogP contribution in [0.1, 0.15) is 29.0 Å². The largest absolute Gasteiger partial charge is 0.497 e. The first-order chi connectivity index (χ1) is 9.76. The molecule has 2 heteroatoms. The Morgan fingerprint density at radius 1 is 1.20 bits per heavy atom. The van der Waals surface area contributed by atoms with Crippen LogP contribution in [0.5, 0.6) is 5.75 Å². The molecule has 0 saturated heterocycles. The third kappa shape index (κ3) is 2.70. The molecule has 20 heavy (non-hydrogen) atoms. The fraction of sp³-hybridized carbons (Fsp3) is 0.333. The lowest BCUT2D eigenvalue weighted by molar-refractivity contribution is 0.413. The summed E-state index contributed by atoms with van der Waals surface area (Å²) in [6, 6.07) is 17.1. The molecular weight excluding hydrogens is 246 g/mol. The summed E-state index contributed by atoms with van der Waals surface area (Å²) in [6.07, 6.45) is 3.16. The second-order valence-electron chi connectivity index (χ2n) is 5.65. The molecule has 1 aliphatic carbocycles. The molecular formula is C18H21NO. The topological polar surface area (TPSA) is 35.2 Å². The van der Waals surface area contributed by atoms with Gasteiger partial charge in [-0.25, -0.2) is 0 Å². The average Bonchev–Trinajstić information content (AvgIpc) is 2.45. The lowest BCUT2D eigenvalue weighted by Crippen LogP contribution is -2.29. The van der Waals surface area contributed by atoms with Crippen molar-refractivity contribution in [3.8, 4) is 5.75 Å². The first kappa shape index (κ1) is 13.2. The fourth-order valence-electron chi connectivity index (χ4n) is 3.12. The van der Waals surface area contributed by atoms with Crippen molar-refractivity contribution < 1.29 is 4.74 Å². The van der Waals surface area contributed by atoms with E-state index in [-0.39, 0.29) is 6.04 Å². The summed E-state index contributed by atoms with van der Waals surface area (Å²) in [5, 5.41) is 0. The minimum Gasteiger partial charge on any atom is -0.497 e. The molecule has 104 valence electrons. The molecule has 2 aromatic rings. The van der Waals surface area contributed by atoms with E-state index in [9.17, 15) is 0 Å². The molecule has 0 aromatic heterocycles. The Hall–Kier alpha value is -1.80. The van der Waals surface area contributed by atoms with Gasteiger partial charge in [-0.2, -0.15) is 0 Å². The van der Waals surface area contributed by atoms with Gasteiger partial charge in [0.2, 0.25) is 0 Å². The van der Waals surface area contributed by atoms with Crippen molar-refractivity contribution in [3.63, 3.8) is 0 Å². The number of rotatable bonds is 5. The molecule has 0 radical (unpaired) electrons. The highest BCUT2D eigenvalue weighted by molar-refractivity contribution is 5.40. The van der Waals surface area contributed by atoms with Crippen LogP contribution in [-0.2, 0) is 12.8 Å². The van der Waals surface area contributed by atoms with Gasteiger partial charge in [0.1, 0.15) is 5.75 Å². The van der Waals surface area contributed by atoms with Crippen molar-refractivity contribution >= 4 is 0 Å². The Morgan fingerprint density at radius 3 is 2.85 bits per heavy atom. The van der Waals surface area contributed by atoms with Gasteiger partial charge in [0, 0.05) is 6.04 Å². The molecule has 3 rings (SSSR count). The number of nitrogens with two attached hydrogens (primary N) is 1. The minimum absolute atomic E-state index is 0.209. The zero-order chi connectivity index (χ0) is 13.9. The highest BCUT2D eigenvalue weighted by Gasteiger charge is 2.26. The van der Waals surface area contributed by atoms with Crippen molar-refractivity contribution in [2.45, 2.75) is 31.2 Å². The summed E-state index contributed by atoms with van der Waals surface area (Å²) in [4.78, 5) is 0. The van der Waals surface area contributed by atoms with Crippen LogP contribution in [-0.4, -0.2) is 13.2 Å². The third-order valence-electron chi connectivity index (χ3n) is 4.18. The van der Waals surface area contributed by atoms with Crippen molar-refractivity contribution in [1.29, 1.82) is 0 Å². The summed E-state index contributed by atoms with van der Waals surface area (Å²) in [7, 11) is 1.70. The van der Waals surface area contributed by atoms with Crippen LogP contribution in [0.2, 0.25) is 0 Å². The second-order valence-corrected chi connectivity index (χ2v) is 5.65. The standard InChI is InChI=1S/C18H21NO/c1-20-17-7-4-5-13(10-17)9-16(19)12-15-11-14-6-2-3-8-18(14)15/h2-8,10,15-16H,9,11-12,19H2,1H3. The Morgan fingerprint density at radius 2 is 2.05 bits per heavy atom. The number of hydrogen-bond acceptors (Lipinski definition) is 2. The van der Waals surface area contributed by atoms with Crippen LogP contribution in [0.4, 0.5) is 0 Å². The first-order valence-electron chi connectivity index (χ1n) is 7.22. The molecule has 1 aliphatic rings. The number of fused-ring (bicyclic) bond motifs is 1. The Kier molecular flexibility index (Phi) is 3.75. The minimum atomic E-state index is 0.209. The van der Waals surface area contributed by atoms with Crippen LogP contribution in [0.25, 0.3) is 0 Å². The highest BCUT2D eigenvalue weighted by Crippen LogP contribution is 2.38. The molecule has 0 fully saturated rings. The lowest BCUT2D eigenvalue weighted by Gasteiger charge is -2.32. The molecule has 2 atom stereocenters. The van der Waals surface area contributed by atoms with Crippen LogP contribution in [0.15, 0.2) is 48.5 Å². The zero-order valence-electron chi connectivity index (χ0n) is 11.9. The summed E-state index contributed by atoms with van der Waals surface area (Å²) in [6.45, 7) is 0. The Labute approximate surface area is 120 Å². The number of benzene rings is 2. The number of methoxy groups -OCH3 is 1. The van der Waals surface area contributed by atoms with E-state index in [0.717, 1.165) is 18.6 Å². The molecule has 0 bridgehead atoms. The Balaban J connectivity index is 1.59. The van der Waals surface area contributed by atoms with Gasteiger partial charge in [0.15, 0.2) is 0 Å². The van der Waals surface area contributed by atoms with Gasteiger partial charge in [-0.15, -0.1) is 0 Å². The molecule has 2 nitrogen and oxygen atoms in total. The Bertz CT molecular complexity index is 593. The van der Waals surface area contributed by atoms with Gasteiger partial charge < -0.3 is 10.5 Å². The van der Waals surface area contributed by atoms with Crippen LogP contribution >= 0.6 is 0 Å². The van der Waals surface area contributed by atoms with Crippen molar-refractivity contribution in [1.82, 2.24) is 0 Å². The smallest absolute Gasteiger partial charge is 0.119 e. The van der Waals surface area contributed by atoms with E-state index < -0.39 is 0 Å². The summed E-state index contributed by atoms with van der Waals surface area (Å²) < 4.78 is 5.26. The predicted molar refractivity (Wildman–Crippen MR) is 82.2 cm³/mol. The quantitative estimate of drug-likeness (QED) is 0.902. The molecule has 0 spiro atoms. The molecule has 0 amide bonds. The maximum atomic E-state index is 6.32. The van der Waals surface area contributed by atoms with E-state index in [2.05, 4.69) is 36.4 Å². The summed E-state index contributed by atoms with van der Waals surface area (Å²) in [5.74, 6) is 1.55. The number of hydrogen-bond donors (Lipinski definition) is 1. The lowest BCUT2D eigenvalue weighted by atomic mass is 9.74. The monoisotopic (exact) mass is 267 g/mol. The predicted octanol–water partition coefficient (Wildman–Crippen LogP) is 3.30. The van der Waals surface area contributed by atoms with E-state index in [4.69, 9.17) is 10.5 Å². The highest BCUT2D eigenvalue weighted by atomic mass is 16.5. The molecule has 0 heterocycles. The summed E-state index contributed by atoms with van der Waals surface area (Å²) in [5.41, 5.74) is 10.6. The normalized spacial score (nSPS) is 18.0. The molecule has 2 unspecified atom stereocenters. The van der Waals surface area contributed by atoms with E-state index >= 15 is 0 Å². The van der Waals surface area contributed by atoms with Gasteiger partial charge in [0.25, 0.3) is 0 Å². The second kappa shape index (κ2) is 5.68. The van der Waals surface area contributed by atoms with Crippen LogP contribution in [0, 0.1) is 0 Å². The fourth-order valence-corrected chi connectivity index (χ4v) is 3.12. The number of ether oxygens (including phenoxy) is 1. The van der Waals surface area contributed by atoms with E-state index in [0.29, 0.717) is 5.92 Å². The first-order valence-corrected chi connectivity index (χ1v) is 7.22. The summed E-state index contributed by atoms with van der Waals surface area (Å²) >= 11 is 0. The maximum Gasteiger partial charge on any atom is 0.119 e. The molecule has 0 saturated carbocycles. The average molecular weight is 267 g/mol. The molecule has 2 aromatic carbocycles. The van der Waals surface area contributed by atoms with Gasteiger partial charge in [0.05, 0.1) is 7.11 Å². The van der Waals surface area contributed by atoms with E-state index in [1.54, 1.807) is 7.11 Å². The van der Waals surface area contributed by atoms with E-state index in [1.165, 1.54) is 23.1 Å². The van der Waals surface area contributed by atoms with Gasteiger partial charge >= 0.3 is 0 Å².